The fraction of sp³-hybridized carbons (Fsp3) is 0.231. The zero-order valence-corrected chi connectivity index (χ0v) is 20.4. The van der Waals surface area contributed by atoms with Crippen molar-refractivity contribution in [3.8, 4) is 5.75 Å². The molecule has 0 atom stereocenters. The first-order chi connectivity index (χ1) is 16.6. The Bertz CT molecular complexity index is 1310. The summed E-state index contributed by atoms with van der Waals surface area (Å²) in [6.07, 6.45) is 0. The molecule has 0 bridgehead atoms. The van der Waals surface area contributed by atoms with Crippen LogP contribution in [0.5, 0.6) is 5.75 Å². The predicted molar refractivity (Wildman–Crippen MR) is 140 cm³/mol. The van der Waals surface area contributed by atoms with Crippen LogP contribution in [-0.4, -0.2) is 48.2 Å². The third kappa shape index (κ3) is 5.04. The van der Waals surface area contributed by atoms with Crippen LogP contribution in [0.15, 0.2) is 66.7 Å². The van der Waals surface area contributed by atoms with Crippen molar-refractivity contribution in [1.82, 2.24) is 14.9 Å². The Morgan fingerprint density at radius 1 is 0.882 bits per heavy atom. The number of nitrogens with one attached hydrogen (secondary N) is 1. The van der Waals surface area contributed by atoms with Crippen LogP contribution < -0.4 is 15.0 Å². The number of rotatable bonds is 6. The number of halogens is 2. The molecule has 1 aliphatic rings. The lowest BCUT2D eigenvalue weighted by Crippen LogP contribution is -2.46. The first kappa shape index (κ1) is 22.7. The molecule has 0 radical (unpaired) electrons. The zero-order valence-electron chi connectivity index (χ0n) is 18.8. The fourth-order valence-electron chi connectivity index (χ4n) is 4.16. The van der Waals surface area contributed by atoms with Gasteiger partial charge in [-0.1, -0.05) is 41.4 Å². The molecule has 0 amide bonds. The molecule has 174 valence electrons. The van der Waals surface area contributed by atoms with E-state index < -0.39 is 0 Å². The van der Waals surface area contributed by atoms with E-state index in [0.29, 0.717) is 5.02 Å². The minimum Gasteiger partial charge on any atom is -0.497 e. The molecule has 6 nitrogen and oxygen atoms in total. The molecule has 0 saturated carbocycles. The Morgan fingerprint density at radius 3 is 2.41 bits per heavy atom. The van der Waals surface area contributed by atoms with Gasteiger partial charge in [-0.3, -0.25) is 4.90 Å². The van der Waals surface area contributed by atoms with Gasteiger partial charge in [-0.05, 0) is 48.0 Å². The van der Waals surface area contributed by atoms with E-state index >= 15 is 0 Å². The summed E-state index contributed by atoms with van der Waals surface area (Å²) in [4.78, 5) is 14.6. The Morgan fingerprint density at radius 2 is 1.65 bits per heavy atom. The van der Waals surface area contributed by atoms with Gasteiger partial charge in [0.1, 0.15) is 5.75 Å². The Balaban J connectivity index is 1.38. The highest BCUT2D eigenvalue weighted by molar-refractivity contribution is 6.33. The van der Waals surface area contributed by atoms with Gasteiger partial charge in [0.15, 0.2) is 11.6 Å². The highest BCUT2D eigenvalue weighted by atomic mass is 35.5. The number of aromatic nitrogens is 2. The highest BCUT2D eigenvalue weighted by Crippen LogP contribution is 2.30. The molecule has 2 heterocycles. The van der Waals surface area contributed by atoms with Crippen molar-refractivity contribution in [3.05, 3.63) is 82.3 Å². The van der Waals surface area contributed by atoms with E-state index in [0.717, 1.165) is 77.4 Å². The van der Waals surface area contributed by atoms with E-state index in [1.54, 1.807) is 7.11 Å². The van der Waals surface area contributed by atoms with Gasteiger partial charge in [0.2, 0.25) is 0 Å². The maximum absolute atomic E-state index is 6.38. The Hall–Kier alpha value is -3.06. The van der Waals surface area contributed by atoms with Gasteiger partial charge in [0.25, 0.3) is 0 Å². The van der Waals surface area contributed by atoms with Gasteiger partial charge in [0, 0.05) is 54.5 Å². The number of ether oxygens (including phenoxy) is 1. The SMILES string of the molecule is COc1cccc(Nc2nc3ccccc3nc2N2CCN(Cc3cc(Cl)ccc3Cl)CC2)c1. The van der Waals surface area contributed by atoms with E-state index in [1.807, 2.05) is 66.7 Å². The number of hydrogen-bond acceptors (Lipinski definition) is 6. The summed E-state index contributed by atoms with van der Waals surface area (Å²) >= 11 is 12.6. The lowest BCUT2D eigenvalue weighted by molar-refractivity contribution is 0.249. The first-order valence-corrected chi connectivity index (χ1v) is 11.9. The van der Waals surface area contributed by atoms with E-state index in [1.165, 1.54) is 0 Å². The van der Waals surface area contributed by atoms with E-state index in [2.05, 4.69) is 15.1 Å². The number of anilines is 3. The number of para-hydroxylation sites is 2. The van der Waals surface area contributed by atoms with Crippen LogP contribution >= 0.6 is 23.2 Å². The minimum atomic E-state index is 0.706. The van der Waals surface area contributed by atoms with Crippen LogP contribution in [0.3, 0.4) is 0 Å². The maximum atomic E-state index is 6.38. The number of nitrogens with zero attached hydrogens (tertiary/aromatic N) is 4. The molecule has 5 rings (SSSR count). The Kier molecular flexibility index (Phi) is 6.72. The minimum absolute atomic E-state index is 0.706. The number of methoxy groups -OCH3 is 1. The molecule has 1 N–H and O–H groups in total. The molecular formula is C26H25Cl2N5O. The van der Waals surface area contributed by atoms with Gasteiger partial charge >= 0.3 is 0 Å². The van der Waals surface area contributed by atoms with Gasteiger partial charge in [-0.15, -0.1) is 0 Å². The van der Waals surface area contributed by atoms with Crippen LogP contribution in [0.4, 0.5) is 17.3 Å². The summed E-state index contributed by atoms with van der Waals surface area (Å²) in [5.74, 6) is 2.37. The standard InChI is InChI=1S/C26H25Cl2N5O/c1-34-21-6-4-5-20(16-21)29-25-26(31-24-8-3-2-7-23(24)30-25)33-13-11-32(12-14-33)17-18-15-19(27)9-10-22(18)28/h2-10,15-16H,11-14,17H2,1H3,(H,29,30). The third-order valence-corrected chi connectivity index (χ3v) is 6.56. The predicted octanol–water partition coefficient (Wildman–Crippen LogP) is 6.01. The number of benzene rings is 3. The number of fused-ring (bicyclic) bond motifs is 1. The lowest BCUT2D eigenvalue weighted by atomic mass is 10.2. The van der Waals surface area contributed by atoms with E-state index in [9.17, 15) is 0 Å². The van der Waals surface area contributed by atoms with Gasteiger partial charge in [-0.2, -0.15) is 0 Å². The lowest BCUT2D eigenvalue weighted by Gasteiger charge is -2.36. The first-order valence-electron chi connectivity index (χ1n) is 11.2. The summed E-state index contributed by atoms with van der Waals surface area (Å²) in [5, 5.41) is 4.91. The van der Waals surface area contributed by atoms with Gasteiger partial charge < -0.3 is 15.0 Å². The van der Waals surface area contributed by atoms with E-state index in [4.69, 9.17) is 37.9 Å². The quantitative estimate of drug-likeness (QED) is 0.354. The van der Waals surface area contributed by atoms with Crippen LogP contribution in [0.25, 0.3) is 11.0 Å². The smallest absolute Gasteiger partial charge is 0.174 e. The summed E-state index contributed by atoms with van der Waals surface area (Å²) < 4.78 is 5.38. The zero-order chi connectivity index (χ0) is 23.5. The molecule has 3 aromatic carbocycles. The summed E-state index contributed by atoms with van der Waals surface area (Å²) in [5.41, 5.74) is 3.68. The molecule has 1 aliphatic heterocycles. The average molecular weight is 494 g/mol. The molecule has 0 unspecified atom stereocenters. The monoisotopic (exact) mass is 493 g/mol. The van der Waals surface area contributed by atoms with Crippen LogP contribution in [-0.2, 0) is 6.54 Å². The van der Waals surface area contributed by atoms with Crippen LogP contribution in [0.1, 0.15) is 5.56 Å². The third-order valence-electron chi connectivity index (χ3n) is 5.96. The van der Waals surface area contributed by atoms with Crippen LogP contribution in [0.2, 0.25) is 10.0 Å². The van der Waals surface area contributed by atoms with Crippen molar-refractivity contribution in [3.63, 3.8) is 0 Å². The van der Waals surface area contributed by atoms with Crippen molar-refractivity contribution in [2.75, 3.05) is 43.5 Å². The molecule has 1 fully saturated rings. The molecule has 1 aromatic heterocycles. The molecule has 8 heteroatoms. The van der Waals surface area contributed by atoms with Crippen LogP contribution in [0, 0.1) is 0 Å². The average Bonchev–Trinajstić information content (AvgIpc) is 2.86. The molecule has 4 aromatic rings. The fourth-order valence-corrected chi connectivity index (χ4v) is 4.53. The van der Waals surface area contributed by atoms with Crippen molar-refractivity contribution in [2.45, 2.75) is 6.54 Å². The topological polar surface area (TPSA) is 53.5 Å². The van der Waals surface area contributed by atoms with Crippen molar-refractivity contribution in [1.29, 1.82) is 0 Å². The Labute approximate surface area is 209 Å². The van der Waals surface area contributed by atoms with E-state index in [-0.39, 0.29) is 0 Å². The van der Waals surface area contributed by atoms with Gasteiger partial charge in [-0.25, -0.2) is 9.97 Å². The van der Waals surface area contributed by atoms with Crippen molar-refractivity contribution < 1.29 is 4.74 Å². The molecule has 0 aliphatic carbocycles. The number of piperazine rings is 1. The maximum Gasteiger partial charge on any atom is 0.174 e. The summed E-state index contributed by atoms with van der Waals surface area (Å²) in [6.45, 7) is 4.20. The van der Waals surface area contributed by atoms with Crippen molar-refractivity contribution >= 4 is 51.6 Å². The van der Waals surface area contributed by atoms with Gasteiger partial charge in [0.05, 0.1) is 18.1 Å². The molecule has 0 spiro atoms. The largest absolute Gasteiger partial charge is 0.497 e. The molecular weight excluding hydrogens is 469 g/mol. The summed E-state index contributed by atoms with van der Waals surface area (Å²) in [7, 11) is 1.66. The molecule has 1 saturated heterocycles. The normalized spacial score (nSPS) is 14.4. The second-order valence-corrected chi connectivity index (χ2v) is 9.08. The molecule has 34 heavy (non-hydrogen) atoms. The number of hydrogen-bond donors (Lipinski definition) is 1. The second kappa shape index (κ2) is 10.1. The van der Waals surface area contributed by atoms with Crippen molar-refractivity contribution in [2.24, 2.45) is 0 Å². The summed E-state index contributed by atoms with van der Waals surface area (Å²) in [6, 6.07) is 21.4. The second-order valence-electron chi connectivity index (χ2n) is 8.24. The highest BCUT2D eigenvalue weighted by Gasteiger charge is 2.23.